The van der Waals surface area contributed by atoms with Crippen molar-refractivity contribution in [3.63, 3.8) is 0 Å². The molecule has 2 aliphatic carbocycles. The van der Waals surface area contributed by atoms with E-state index in [1.165, 1.54) is 6.08 Å². The lowest BCUT2D eigenvalue weighted by Crippen LogP contribution is -2.49. The van der Waals surface area contributed by atoms with Crippen LogP contribution < -0.4 is 10.6 Å². The van der Waals surface area contributed by atoms with Crippen LogP contribution in [0.4, 0.5) is 4.79 Å². The summed E-state index contributed by atoms with van der Waals surface area (Å²) in [6.07, 6.45) is 2.70. The topological polar surface area (TPSA) is 105 Å². The number of nitrogens with one attached hydrogen (secondary N) is 2. The molecule has 3 N–H and O–H groups in total. The molecule has 2 aliphatic rings. The van der Waals surface area contributed by atoms with Crippen LogP contribution in [0.2, 0.25) is 0 Å². The Labute approximate surface area is 173 Å². The van der Waals surface area contributed by atoms with E-state index in [9.17, 15) is 14.4 Å². The lowest BCUT2D eigenvalue weighted by atomic mass is 9.98. The highest BCUT2D eigenvalue weighted by Gasteiger charge is 2.51. The highest BCUT2D eigenvalue weighted by molar-refractivity contribution is 5.93. The minimum Gasteiger partial charge on any atom is -0.478 e. The number of ether oxygens (including phenoxy) is 1. The van der Waals surface area contributed by atoms with Crippen LogP contribution in [-0.4, -0.2) is 41.8 Å². The third-order valence-corrected chi connectivity index (χ3v) is 5.51. The van der Waals surface area contributed by atoms with Crippen molar-refractivity contribution >= 4 is 18.0 Å². The Hall–Kier alpha value is -3.61. The first-order valence-corrected chi connectivity index (χ1v) is 9.81. The van der Waals surface area contributed by atoms with Gasteiger partial charge in [-0.2, -0.15) is 0 Å². The van der Waals surface area contributed by atoms with E-state index in [-0.39, 0.29) is 25.0 Å². The molecule has 0 saturated heterocycles. The molecule has 2 amide bonds. The number of fused-ring (bicyclic) bond motifs is 3. The van der Waals surface area contributed by atoms with E-state index in [1.807, 2.05) is 36.4 Å². The fraction of sp³-hybridized carbons (Fsp3) is 0.261. The number of hydrogen-bond acceptors (Lipinski definition) is 4. The van der Waals surface area contributed by atoms with Crippen molar-refractivity contribution in [2.45, 2.75) is 24.3 Å². The van der Waals surface area contributed by atoms with Crippen LogP contribution in [0.15, 0.2) is 60.7 Å². The quantitative estimate of drug-likeness (QED) is 0.614. The van der Waals surface area contributed by atoms with E-state index >= 15 is 0 Å². The van der Waals surface area contributed by atoms with Gasteiger partial charge in [-0.05, 0) is 35.1 Å². The van der Waals surface area contributed by atoms with Crippen molar-refractivity contribution in [3.05, 3.63) is 71.8 Å². The van der Waals surface area contributed by atoms with Crippen LogP contribution in [0, 0.1) is 0 Å². The summed E-state index contributed by atoms with van der Waals surface area (Å²) in [7, 11) is 0. The molecule has 0 atom stereocenters. The summed E-state index contributed by atoms with van der Waals surface area (Å²) in [6.45, 7) is 0.262. The zero-order valence-corrected chi connectivity index (χ0v) is 16.3. The van der Waals surface area contributed by atoms with Crippen LogP contribution in [0.5, 0.6) is 0 Å². The largest absolute Gasteiger partial charge is 0.478 e. The predicted octanol–water partition coefficient (Wildman–Crippen LogP) is 2.81. The number of rotatable bonds is 7. The Balaban J connectivity index is 1.35. The van der Waals surface area contributed by atoms with Gasteiger partial charge < -0.3 is 20.5 Å². The lowest BCUT2D eigenvalue weighted by Gasteiger charge is -2.18. The van der Waals surface area contributed by atoms with E-state index in [1.54, 1.807) is 0 Å². The van der Waals surface area contributed by atoms with Crippen LogP contribution in [0.25, 0.3) is 11.1 Å². The molecule has 7 heteroatoms. The smallest absolute Gasteiger partial charge is 0.408 e. The predicted molar refractivity (Wildman–Crippen MR) is 110 cm³/mol. The lowest BCUT2D eigenvalue weighted by molar-refractivity contribution is -0.131. The average molecular weight is 406 g/mol. The molecular formula is C23H22N2O5. The van der Waals surface area contributed by atoms with E-state index in [4.69, 9.17) is 9.84 Å². The maximum absolute atomic E-state index is 12.4. The van der Waals surface area contributed by atoms with Gasteiger partial charge in [0.15, 0.2) is 0 Å². The van der Waals surface area contributed by atoms with E-state index < -0.39 is 17.6 Å². The van der Waals surface area contributed by atoms with Crippen LogP contribution in [0.3, 0.4) is 0 Å². The fourth-order valence-electron chi connectivity index (χ4n) is 3.84. The van der Waals surface area contributed by atoms with E-state index in [0.717, 1.165) is 28.3 Å². The Morgan fingerprint density at radius 3 is 2.20 bits per heavy atom. The molecule has 0 spiro atoms. The number of benzene rings is 2. The first-order valence-electron chi connectivity index (χ1n) is 9.81. The molecule has 0 radical (unpaired) electrons. The second-order valence-corrected chi connectivity index (χ2v) is 7.48. The van der Waals surface area contributed by atoms with Gasteiger partial charge in [0, 0.05) is 18.5 Å². The van der Waals surface area contributed by atoms with Gasteiger partial charge in [0.05, 0.1) is 0 Å². The average Bonchev–Trinajstić information content (AvgIpc) is 3.45. The van der Waals surface area contributed by atoms with Gasteiger partial charge in [0.25, 0.3) is 0 Å². The van der Waals surface area contributed by atoms with Gasteiger partial charge in [0.2, 0.25) is 5.91 Å². The molecule has 0 heterocycles. The molecule has 0 aromatic heterocycles. The van der Waals surface area contributed by atoms with Crippen molar-refractivity contribution in [2.75, 3.05) is 13.2 Å². The summed E-state index contributed by atoms with van der Waals surface area (Å²) in [6, 6.07) is 16.1. The van der Waals surface area contributed by atoms with Crippen LogP contribution in [-0.2, 0) is 14.3 Å². The number of amides is 2. The first kappa shape index (κ1) is 19.7. The summed E-state index contributed by atoms with van der Waals surface area (Å²) in [5.41, 5.74) is 3.56. The number of carboxylic acids is 1. The Morgan fingerprint density at radius 1 is 1.03 bits per heavy atom. The maximum Gasteiger partial charge on any atom is 0.408 e. The van der Waals surface area contributed by atoms with Crippen molar-refractivity contribution in [3.8, 4) is 11.1 Å². The molecule has 2 aromatic rings. The van der Waals surface area contributed by atoms with Gasteiger partial charge in [-0.1, -0.05) is 54.6 Å². The molecule has 7 nitrogen and oxygen atoms in total. The number of carboxylic acid groups (broad SMARTS) is 1. The number of hydrogen-bond donors (Lipinski definition) is 3. The van der Waals surface area contributed by atoms with E-state index in [0.29, 0.717) is 12.8 Å². The maximum atomic E-state index is 12.4. The van der Waals surface area contributed by atoms with Gasteiger partial charge in [0.1, 0.15) is 12.1 Å². The first-order chi connectivity index (χ1) is 14.5. The Kier molecular flexibility index (Phi) is 5.27. The second kappa shape index (κ2) is 8.02. The van der Waals surface area contributed by atoms with Crippen LogP contribution >= 0.6 is 0 Å². The van der Waals surface area contributed by atoms with Gasteiger partial charge in [-0.25, -0.2) is 9.59 Å². The molecule has 4 rings (SSSR count). The summed E-state index contributed by atoms with van der Waals surface area (Å²) in [5, 5.41) is 13.9. The monoisotopic (exact) mass is 406 g/mol. The standard InChI is InChI=1S/C23H22N2O5/c26-20(27)10-5-13-24-21(28)23(11-12-23)25-22(29)30-14-19-17-8-3-1-6-15(17)16-7-2-4-9-18(16)19/h1-10,19H,11-14H2,(H,24,28)(H,25,29)(H,26,27)/b10-5+. The van der Waals surface area contributed by atoms with Crippen molar-refractivity contribution in [1.82, 2.24) is 10.6 Å². The minimum absolute atomic E-state index is 0.0479. The molecule has 1 saturated carbocycles. The summed E-state index contributed by atoms with van der Waals surface area (Å²) in [4.78, 5) is 35.2. The Morgan fingerprint density at radius 2 is 1.63 bits per heavy atom. The molecule has 30 heavy (non-hydrogen) atoms. The molecule has 2 aromatic carbocycles. The van der Waals surface area contributed by atoms with Gasteiger partial charge >= 0.3 is 12.1 Å². The SMILES string of the molecule is O=C(O)/C=C/CNC(=O)C1(NC(=O)OCC2c3ccccc3-c3ccccc32)CC1. The zero-order valence-electron chi connectivity index (χ0n) is 16.3. The van der Waals surface area contributed by atoms with Crippen LogP contribution in [0.1, 0.15) is 29.9 Å². The Bertz CT molecular complexity index is 980. The summed E-state index contributed by atoms with van der Waals surface area (Å²) >= 11 is 0. The van der Waals surface area contributed by atoms with Crippen molar-refractivity contribution in [2.24, 2.45) is 0 Å². The molecule has 0 unspecified atom stereocenters. The van der Waals surface area contributed by atoms with E-state index in [2.05, 4.69) is 22.8 Å². The molecule has 0 aliphatic heterocycles. The third-order valence-electron chi connectivity index (χ3n) is 5.51. The van der Waals surface area contributed by atoms with Crippen molar-refractivity contribution in [1.29, 1.82) is 0 Å². The highest BCUT2D eigenvalue weighted by Crippen LogP contribution is 2.44. The zero-order chi connectivity index (χ0) is 21.1. The van der Waals surface area contributed by atoms with Gasteiger partial charge in [-0.3, -0.25) is 4.79 Å². The summed E-state index contributed by atoms with van der Waals surface area (Å²) < 4.78 is 5.50. The number of alkyl carbamates (subject to hydrolysis) is 1. The van der Waals surface area contributed by atoms with Crippen molar-refractivity contribution < 1.29 is 24.2 Å². The van der Waals surface area contributed by atoms with Gasteiger partial charge in [-0.15, -0.1) is 0 Å². The molecule has 0 bridgehead atoms. The molecule has 154 valence electrons. The normalized spacial score (nSPS) is 15.9. The minimum atomic E-state index is -1.08. The number of aliphatic carboxylic acids is 1. The molecular weight excluding hydrogens is 384 g/mol. The fourth-order valence-corrected chi connectivity index (χ4v) is 3.84. The molecule has 1 fully saturated rings. The second-order valence-electron chi connectivity index (χ2n) is 7.48. The number of carbonyl (C=O) groups is 3. The summed E-state index contributed by atoms with van der Waals surface area (Å²) in [5.74, 6) is -1.47. The third kappa shape index (κ3) is 3.91. The number of carbonyl (C=O) groups excluding carboxylic acids is 2. The highest BCUT2D eigenvalue weighted by atomic mass is 16.5.